The summed E-state index contributed by atoms with van der Waals surface area (Å²) in [7, 11) is 0. The summed E-state index contributed by atoms with van der Waals surface area (Å²) in [6, 6.07) is 12.8. The van der Waals surface area contributed by atoms with Crippen LogP contribution in [0.3, 0.4) is 0 Å². The molecule has 1 N–H and O–H groups in total. The number of ether oxygens (including phenoxy) is 2. The van der Waals surface area contributed by atoms with E-state index in [-0.39, 0.29) is 25.0 Å². The van der Waals surface area contributed by atoms with E-state index in [1.54, 1.807) is 17.0 Å². The van der Waals surface area contributed by atoms with Crippen molar-refractivity contribution < 1.29 is 19.1 Å². The molecule has 0 spiro atoms. The fourth-order valence-corrected chi connectivity index (χ4v) is 3.80. The van der Waals surface area contributed by atoms with Gasteiger partial charge >= 0.3 is 5.97 Å². The van der Waals surface area contributed by atoms with E-state index in [9.17, 15) is 9.59 Å². The van der Waals surface area contributed by atoms with Crippen molar-refractivity contribution in [1.29, 1.82) is 0 Å². The van der Waals surface area contributed by atoms with Gasteiger partial charge in [-0.15, -0.1) is 0 Å². The lowest BCUT2D eigenvalue weighted by Crippen LogP contribution is -2.41. The van der Waals surface area contributed by atoms with Crippen LogP contribution in [0.5, 0.6) is 11.5 Å². The first-order valence-electron chi connectivity index (χ1n) is 8.50. The summed E-state index contributed by atoms with van der Waals surface area (Å²) in [4.78, 5) is 30.4. The van der Waals surface area contributed by atoms with Gasteiger partial charge in [0.1, 0.15) is 12.3 Å². The Labute approximate surface area is 159 Å². The number of hydrogen-bond donors (Lipinski definition) is 1. The van der Waals surface area contributed by atoms with Gasteiger partial charge in [0.2, 0.25) is 5.91 Å². The number of rotatable bonds is 5. The number of nitrogens with zero attached hydrogens (tertiary/aromatic N) is 2. The number of anilines is 2. The average molecular weight is 383 g/mol. The van der Waals surface area contributed by atoms with Crippen molar-refractivity contribution in [3.63, 3.8) is 0 Å². The van der Waals surface area contributed by atoms with Gasteiger partial charge in [0, 0.05) is 0 Å². The molecule has 0 bridgehead atoms. The van der Waals surface area contributed by atoms with Crippen LogP contribution in [0.2, 0.25) is 0 Å². The maximum Gasteiger partial charge on any atom is 0.331 e. The van der Waals surface area contributed by atoms with E-state index in [2.05, 4.69) is 10.3 Å². The first kappa shape index (κ1) is 17.3. The van der Waals surface area contributed by atoms with E-state index in [1.807, 2.05) is 37.3 Å². The number of hydrogen-bond acceptors (Lipinski definition) is 7. The zero-order valence-corrected chi connectivity index (χ0v) is 15.4. The molecule has 3 aromatic rings. The molecule has 4 rings (SSSR count). The Morgan fingerprint density at radius 2 is 2.19 bits per heavy atom. The fraction of sp³-hybridized carbons (Fsp3) is 0.211. The highest BCUT2D eigenvalue weighted by Crippen LogP contribution is 2.32. The van der Waals surface area contributed by atoms with Crippen molar-refractivity contribution >= 4 is 44.2 Å². The lowest BCUT2D eigenvalue weighted by atomic mass is 10.2. The van der Waals surface area contributed by atoms with Gasteiger partial charge < -0.3 is 19.7 Å². The van der Waals surface area contributed by atoms with Crippen LogP contribution < -0.4 is 19.7 Å². The summed E-state index contributed by atoms with van der Waals surface area (Å²) in [5.74, 6) is 0.605. The molecule has 8 heteroatoms. The molecular formula is C19H17N3O4S. The lowest BCUT2D eigenvalue weighted by Gasteiger charge is -2.28. The second kappa shape index (κ2) is 7.24. The van der Waals surface area contributed by atoms with Gasteiger partial charge in [0.15, 0.2) is 10.9 Å². The maximum absolute atomic E-state index is 12.5. The van der Waals surface area contributed by atoms with Crippen molar-refractivity contribution in [1.82, 2.24) is 4.98 Å². The molecule has 1 amide bonds. The van der Waals surface area contributed by atoms with Crippen LogP contribution in [0.4, 0.5) is 10.8 Å². The first-order valence-corrected chi connectivity index (χ1v) is 9.32. The molecule has 138 valence electrons. The molecule has 0 radical (unpaired) electrons. The predicted octanol–water partition coefficient (Wildman–Crippen LogP) is 3.06. The minimum absolute atomic E-state index is 0.0298. The molecule has 0 saturated heterocycles. The van der Waals surface area contributed by atoms with E-state index in [1.165, 1.54) is 11.3 Å². The number of aromatic nitrogens is 1. The Bertz CT molecular complexity index is 1020. The molecule has 0 aliphatic carbocycles. The van der Waals surface area contributed by atoms with Crippen LogP contribution in [0.15, 0.2) is 42.5 Å². The van der Waals surface area contributed by atoms with E-state index >= 15 is 0 Å². The van der Waals surface area contributed by atoms with Crippen molar-refractivity contribution in [2.24, 2.45) is 0 Å². The number of nitrogens with one attached hydrogen (secondary N) is 1. The minimum Gasteiger partial charge on any atom is -0.494 e. The highest BCUT2D eigenvalue weighted by atomic mass is 32.1. The summed E-state index contributed by atoms with van der Waals surface area (Å²) in [6.45, 7) is 2.58. The van der Waals surface area contributed by atoms with E-state index < -0.39 is 0 Å². The number of benzene rings is 2. The normalized spacial score (nSPS) is 13.2. The summed E-state index contributed by atoms with van der Waals surface area (Å²) < 4.78 is 11.6. The van der Waals surface area contributed by atoms with Crippen LogP contribution in [0, 0.1) is 0 Å². The minimum atomic E-state index is -0.384. The molecule has 1 aromatic heterocycles. The van der Waals surface area contributed by atoms with Gasteiger partial charge in [-0.25, -0.2) is 9.78 Å². The summed E-state index contributed by atoms with van der Waals surface area (Å²) >= 11 is 1.38. The third kappa shape index (κ3) is 3.70. The van der Waals surface area contributed by atoms with Gasteiger partial charge in [0.05, 0.1) is 29.1 Å². The van der Waals surface area contributed by atoms with Crippen molar-refractivity contribution in [2.45, 2.75) is 6.92 Å². The molecule has 1 aliphatic heterocycles. The fourth-order valence-electron chi connectivity index (χ4n) is 2.89. The van der Waals surface area contributed by atoms with Gasteiger partial charge in [-0.3, -0.25) is 4.79 Å². The topological polar surface area (TPSA) is 80.8 Å². The Balaban J connectivity index is 1.48. The highest BCUT2D eigenvalue weighted by Gasteiger charge is 2.25. The van der Waals surface area contributed by atoms with Gasteiger partial charge in [-0.2, -0.15) is 0 Å². The number of thiazole rings is 1. The molecule has 0 saturated carbocycles. The number of para-hydroxylation sites is 2. The molecule has 1 aliphatic rings. The number of esters is 1. The molecule has 2 aromatic carbocycles. The third-order valence-electron chi connectivity index (χ3n) is 4.00. The average Bonchev–Trinajstić information content (AvgIpc) is 3.03. The predicted molar refractivity (Wildman–Crippen MR) is 104 cm³/mol. The molecule has 2 heterocycles. The lowest BCUT2D eigenvalue weighted by molar-refractivity contribution is -0.133. The molecule has 0 unspecified atom stereocenters. The Hall–Kier alpha value is -3.13. The zero-order chi connectivity index (χ0) is 18.8. The van der Waals surface area contributed by atoms with Crippen LogP contribution in [0.1, 0.15) is 6.92 Å². The van der Waals surface area contributed by atoms with Gasteiger partial charge in [0.25, 0.3) is 0 Å². The Kier molecular flexibility index (Phi) is 4.64. The molecule has 0 fully saturated rings. The summed E-state index contributed by atoms with van der Waals surface area (Å²) in [6.07, 6.45) is 0. The van der Waals surface area contributed by atoms with E-state index in [4.69, 9.17) is 9.47 Å². The second-order valence-corrected chi connectivity index (χ2v) is 6.96. The van der Waals surface area contributed by atoms with E-state index in [0.717, 1.165) is 21.7 Å². The second-order valence-electron chi connectivity index (χ2n) is 5.93. The summed E-state index contributed by atoms with van der Waals surface area (Å²) in [5, 5.41) is 3.32. The van der Waals surface area contributed by atoms with Crippen LogP contribution in [-0.4, -0.2) is 36.6 Å². The zero-order valence-electron chi connectivity index (χ0n) is 14.6. The molecule has 27 heavy (non-hydrogen) atoms. The first-order chi connectivity index (χ1) is 13.1. The van der Waals surface area contributed by atoms with Crippen LogP contribution >= 0.6 is 11.3 Å². The quantitative estimate of drug-likeness (QED) is 0.539. The monoisotopic (exact) mass is 383 g/mol. The van der Waals surface area contributed by atoms with Gasteiger partial charge in [-0.05, 0) is 37.3 Å². The molecular weight excluding hydrogens is 366 g/mol. The summed E-state index contributed by atoms with van der Waals surface area (Å²) in [5.41, 5.74) is 1.52. The van der Waals surface area contributed by atoms with Gasteiger partial charge in [-0.1, -0.05) is 23.5 Å². The van der Waals surface area contributed by atoms with Crippen LogP contribution in [0.25, 0.3) is 10.2 Å². The van der Waals surface area contributed by atoms with E-state index in [0.29, 0.717) is 17.5 Å². The van der Waals surface area contributed by atoms with Crippen LogP contribution in [-0.2, 0) is 9.59 Å². The van der Waals surface area contributed by atoms with Crippen molar-refractivity contribution in [2.75, 3.05) is 29.9 Å². The number of carbonyl (C=O) groups excluding carboxylic acids is 2. The number of amides is 1. The van der Waals surface area contributed by atoms with Crippen molar-refractivity contribution in [3.8, 4) is 11.5 Å². The highest BCUT2D eigenvalue weighted by molar-refractivity contribution is 7.22. The molecule has 7 nitrogen and oxygen atoms in total. The SMILES string of the molecule is CCOc1ccc2nc(NC(=O)CN3CC(=O)Oc4ccccc43)sc2c1. The molecule has 0 atom stereocenters. The Morgan fingerprint density at radius 3 is 3.04 bits per heavy atom. The standard InChI is InChI=1S/C19H17N3O4S/c1-2-25-12-7-8-13-16(9-12)27-19(20-13)21-17(23)10-22-11-18(24)26-15-6-4-3-5-14(15)22/h3-9H,2,10-11H2,1H3,(H,20,21,23). The largest absolute Gasteiger partial charge is 0.494 e. The number of carbonyl (C=O) groups is 2. The third-order valence-corrected chi connectivity index (χ3v) is 4.94. The Morgan fingerprint density at radius 1 is 1.33 bits per heavy atom. The maximum atomic E-state index is 12.5. The smallest absolute Gasteiger partial charge is 0.331 e. The van der Waals surface area contributed by atoms with Crippen molar-refractivity contribution in [3.05, 3.63) is 42.5 Å². The number of fused-ring (bicyclic) bond motifs is 2.